The molecule has 8 heteroatoms. The van der Waals surface area contributed by atoms with Crippen LogP contribution in [0.5, 0.6) is 0 Å². The number of nitrogens with zero attached hydrogens (tertiary/aromatic N) is 1. The van der Waals surface area contributed by atoms with Crippen LogP contribution in [0.3, 0.4) is 0 Å². The zero-order valence-corrected chi connectivity index (χ0v) is 22.5. The summed E-state index contributed by atoms with van der Waals surface area (Å²) in [7, 11) is -2.28. The summed E-state index contributed by atoms with van der Waals surface area (Å²) in [6, 6.07) is 18.0. The Morgan fingerprint density at radius 3 is 2.09 bits per heavy atom. The molecular weight excluding hydrogens is 462 g/mol. The maximum Gasteiger partial charge on any atom is 0.420 e. The largest absolute Gasteiger partial charge is 0.444 e. The van der Waals surface area contributed by atoms with Gasteiger partial charge in [0.15, 0.2) is 8.32 Å². The van der Waals surface area contributed by atoms with Crippen molar-refractivity contribution in [2.24, 2.45) is 5.92 Å². The molecule has 0 bridgehead atoms. The summed E-state index contributed by atoms with van der Waals surface area (Å²) in [5.74, 6) is -2.03. The molecular formula is C27H35NO6Si. The van der Waals surface area contributed by atoms with E-state index >= 15 is 0 Å². The summed E-state index contributed by atoms with van der Waals surface area (Å²) < 4.78 is 17.9. The van der Waals surface area contributed by atoms with Crippen molar-refractivity contribution in [3.8, 4) is 0 Å². The SMILES string of the molecule is CC(=O)O[C@]1(c2ccccc2)[C@@H]([C@H](C)O[Si](C)(C)C(C)(C)C)C(=O)N1C(=O)OCc1ccccc1. The summed E-state index contributed by atoms with van der Waals surface area (Å²) in [6.45, 7) is 13.6. The van der Waals surface area contributed by atoms with E-state index in [9.17, 15) is 14.4 Å². The van der Waals surface area contributed by atoms with E-state index in [2.05, 4.69) is 33.9 Å². The first-order chi connectivity index (χ1) is 16.3. The highest BCUT2D eigenvalue weighted by molar-refractivity contribution is 6.74. The quantitative estimate of drug-likeness (QED) is 0.281. The standard InChI is InChI=1S/C27H35NO6Si/c1-19(34-35(6,7)26(3,4)5)23-24(30)28(25(31)32-18-21-14-10-8-11-15-21)27(23,33-20(2)29)22-16-12-9-13-17-22/h8-17,19,23H,18H2,1-7H3/t19-,23-,27+/m0/s1. The molecule has 0 radical (unpaired) electrons. The van der Waals surface area contributed by atoms with Gasteiger partial charge in [-0.3, -0.25) is 9.59 Å². The molecule has 0 aliphatic carbocycles. The number of likely N-dealkylation sites (tertiary alicyclic amines) is 1. The molecule has 0 N–H and O–H groups in total. The number of carbonyl (C=O) groups is 3. The molecule has 1 saturated heterocycles. The maximum atomic E-state index is 13.5. The van der Waals surface area contributed by atoms with Gasteiger partial charge in [-0.1, -0.05) is 81.4 Å². The Morgan fingerprint density at radius 1 is 1.03 bits per heavy atom. The highest BCUT2D eigenvalue weighted by atomic mass is 28.4. The summed E-state index contributed by atoms with van der Waals surface area (Å²) in [6.07, 6.45) is -1.49. The number of imide groups is 1. The van der Waals surface area contributed by atoms with E-state index in [-0.39, 0.29) is 11.6 Å². The smallest absolute Gasteiger partial charge is 0.420 e. The number of benzene rings is 2. The predicted molar refractivity (Wildman–Crippen MR) is 135 cm³/mol. The fourth-order valence-corrected chi connectivity index (χ4v) is 5.57. The Hall–Kier alpha value is -2.97. The lowest BCUT2D eigenvalue weighted by atomic mass is 9.75. The van der Waals surface area contributed by atoms with E-state index < -0.39 is 44.0 Å². The van der Waals surface area contributed by atoms with E-state index in [0.717, 1.165) is 10.5 Å². The molecule has 0 unspecified atom stereocenters. The lowest BCUT2D eigenvalue weighted by molar-refractivity contribution is -0.246. The van der Waals surface area contributed by atoms with Gasteiger partial charge in [-0.15, -0.1) is 0 Å². The van der Waals surface area contributed by atoms with Crippen LogP contribution >= 0.6 is 0 Å². The van der Waals surface area contributed by atoms with Crippen molar-refractivity contribution in [2.75, 3.05) is 0 Å². The second-order valence-electron chi connectivity index (χ2n) is 10.4. The number of carbonyl (C=O) groups excluding carboxylic acids is 3. The normalized spacial score (nSPS) is 21.2. The Labute approximate surface area is 208 Å². The number of β-lactam (4-membered cyclic amide) rings is 1. The van der Waals surface area contributed by atoms with E-state index in [1.165, 1.54) is 6.92 Å². The molecule has 2 amide bonds. The van der Waals surface area contributed by atoms with E-state index in [4.69, 9.17) is 13.9 Å². The van der Waals surface area contributed by atoms with Crippen LogP contribution in [0, 0.1) is 5.92 Å². The lowest BCUT2D eigenvalue weighted by Crippen LogP contribution is -2.75. The zero-order chi connectivity index (χ0) is 26.0. The summed E-state index contributed by atoms with van der Waals surface area (Å²) in [4.78, 5) is 40.1. The van der Waals surface area contributed by atoms with Gasteiger partial charge in [-0.05, 0) is 30.6 Å². The maximum absolute atomic E-state index is 13.5. The molecule has 1 aliphatic heterocycles. The number of ether oxygens (including phenoxy) is 2. The van der Waals surface area contributed by atoms with Crippen LogP contribution in [0.25, 0.3) is 0 Å². The first-order valence-corrected chi connectivity index (χ1v) is 14.7. The average molecular weight is 498 g/mol. The molecule has 2 aromatic rings. The van der Waals surface area contributed by atoms with Gasteiger partial charge in [-0.2, -0.15) is 0 Å². The highest BCUT2D eigenvalue weighted by Crippen LogP contribution is 2.51. The topological polar surface area (TPSA) is 82.1 Å². The number of esters is 1. The molecule has 1 aliphatic rings. The average Bonchev–Trinajstić information content (AvgIpc) is 2.77. The van der Waals surface area contributed by atoms with Gasteiger partial charge < -0.3 is 13.9 Å². The Morgan fingerprint density at radius 2 is 1.57 bits per heavy atom. The molecule has 7 nitrogen and oxygen atoms in total. The summed E-state index contributed by atoms with van der Waals surface area (Å²) in [5.41, 5.74) is -0.389. The van der Waals surface area contributed by atoms with Gasteiger partial charge in [0.05, 0.1) is 6.10 Å². The van der Waals surface area contributed by atoms with E-state index in [1.54, 1.807) is 31.2 Å². The van der Waals surface area contributed by atoms with Gasteiger partial charge in [0.2, 0.25) is 11.6 Å². The Kier molecular flexibility index (Phi) is 7.57. The molecule has 1 heterocycles. The third-order valence-corrected chi connectivity index (χ3v) is 11.4. The first kappa shape index (κ1) is 26.6. The number of amides is 2. The van der Waals surface area contributed by atoms with Crippen molar-refractivity contribution in [2.45, 2.75) is 71.2 Å². The van der Waals surface area contributed by atoms with E-state index in [0.29, 0.717) is 5.56 Å². The van der Waals surface area contributed by atoms with Crippen molar-refractivity contribution in [3.63, 3.8) is 0 Å². The number of rotatable bonds is 7. The molecule has 3 atom stereocenters. The summed E-state index contributed by atoms with van der Waals surface area (Å²) in [5, 5.41) is -0.0980. The van der Waals surface area contributed by atoms with Crippen molar-refractivity contribution in [1.82, 2.24) is 4.90 Å². The molecule has 3 rings (SSSR count). The van der Waals surface area contributed by atoms with Crippen molar-refractivity contribution < 1.29 is 28.3 Å². The van der Waals surface area contributed by atoms with Crippen LogP contribution < -0.4 is 0 Å². The molecule has 0 saturated carbocycles. The minimum atomic E-state index is -2.28. The van der Waals surface area contributed by atoms with Crippen molar-refractivity contribution >= 4 is 26.3 Å². The molecule has 2 aromatic carbocycles. The minimum absolute atomic E-state index is 0.0188. The highest BCUT2D eigenvalue weighted by Gasteiger charge is 2.70. The van der Waals surface area contributed by atoms with Crippen LogP contribution in [-0.4, -0.2) is 37.3 Å². The monoisotopic (exact) mass is 497 g/mol. The first-order valence-electron chi connectivity index (χ1n) is 11.8. The Bertz CT molecular complexity index is 1070. The molecule has 1 fully saturated rings. The third kappa shape index (κ3) is 5.18. The van der Waals surface area contributed by atoms with E-state index in [1.807, 2.05) is 36.4 Å². The molecule has 188 valence electrons. The second-order valence-corrected chi connectivity index (χ2v) is 15.2. The van der Waals surface area contributed by atoms with Crippen molar-refractivity contribution in [1.29, 1.82) is 0 Å². The molecule has 0 spiro atoms. The Balaban J connectivity index is 2.01. The minimum Gasteiger partial charge on any atom is -0.444 e. The van der Waals surface area contributed by atoms with Crippen LogP contribution in [0.1, 0.15) is 45.7 Å². The number of hydrogen-bond acceptors (Lipinski definition) is 6. The molecule has 0 aromatic heterocycles. The second kappa shape index (κ2) is 9.95. The zero-order valence-electron chi connectivity index (χ0n) is 21.5. The van der Waals surface area contributed by atoms with Crippen LogP contribution in [0.2, 0.25) is 18.1 Å². The van der Waals surface area contributed by atoms with Crippen LogP contribution in [0.15, 0.2) is 60.7 Å². The third-order valence-electron chi connectivity index (χ3n) is 6.87. The summed E-state index contributed by atoms with van der Waals surface area (Å²) >= 11 is 0. The van der Waals surface area contributed by atoms with Gasteiger partial charge in [-0.25, -0.2) is 9.69 Å². The van der Waals surface area contributed by atoms with Gasteiger partial charge >= 0.3 is 12.1 Å². The lowest BCUT2D eigenvalue weighted by Gasteiger charge is -2.56. The van der Waals surface area contributed by atoms with Crippen LogP contribution in [0.4, 0.5) is 4.79 Å². The molecule has 35 heavy (non-hydrogen) atoms. The van der Waals surface area contributed by atoms with Gasteiger partial charge in [0.25, 0.3) is 0 Å². The number of hydrogen-bond donors (Lipinski definition) is 0. The fourth-order valence-electron chi connectivity index (χ4n) is 4.15. The van der Waals surface area contributed by atoms with Crippen LogP contribution in [-0.2, 0) is 35.8 Å². The predicted octanol–water partition coefficient (Wildman–Crippen LogP) is 5.61. The van der Waals surface area contributed by atoms with Gasteiger partial charge in [0.1, 0.15) is 12.5 Å². The fraction of sp³-hybridized carbons (Fsp3) is 0.444. The van der Waals surface area contributed by atoms with Crippen molar-refractivity contribution in [3.05, 3.63) is 71.8 Å². The van der Waals surface area contributed by atoms with Gasteiger partial charge in [0, 0.05) is 12.5 Å².